The molecule has 1 heterocycles. The molecule has 0 aliphatic heterocycles. The molecule has 0 spiro atoms. The van der Waals surface area contributed by atoms with Crippen LogP contribution in [0.15, 0.2) is 40.6 Å². The fraction of sp³-hybridized carbons (Fsp3) is 0.353. The molecule has 1 saturated carbocycles. The summed E-state index contributed by atoms with van der Waals surface area (Å²) in [5.41, 5.74) is 0.626. The molecule has 1 amide bonds. The maximum atomic E-state index is 13.5. The second-order valence-electron chi connectivity index (χ2n) is 5.91. The van der Waals surface area contributed by atoms with Crippen molar-refractivity contribution in [1.29, 1.82) is 0 Å². The van der Waals surface area contributed by atoms with Crippen molar-refractivity contribution in [1.82, 2.24) is 10.0 Å². The van der Waals surface area contributed by atoms with Crippen molar-refractivity contribution in [2.75, 3.05) is 12.3 Å². The molecule has 3 rings (SSSR count). The smallest absolute Gasteiger partial charge is 0.262 e. The topological polar surface area (TPSA) is 75.3 Å². The highest BCUT2D eigenvalue weighted by Gasteiger charge is 2.31. The summed E-state index contributed by atoms with van der Waals surface area (Å²) in [6.45, 7) is 0.380. The standard InChI is InChI=1S/C17H19FN2O3S3/c18-14-4-2-1-3-12(14)11-24-10-8-19-17(21)16-15(7-9-25-16)26(22,23)20-13-5-6-13/h1-4,7,9,13,20H,5-6,8,10-11H2,(H,19,21). The minimum atomic E-state index is -3.65. The van der Waals surface area contributed by atoms with E-state index in [1.807, 2.05) is 0 Å². The third-order valence-corrected chi connectivity index (χ3v) is 7.38. The third kappa shape index (κ3) is 5.06. The van der Waals surface area contributed by atoms with Crippen molar-refractivity contribution < 1.29 is 17.6 Å². The summed E-state index contributed by atoms with van der Waals surface area (Å²) >= 11 is 2.61. The number of carbonyl (C=O) groups is 1. The van der Waals surface area contributed by atoms with Crippen LogP contribution in [0.4, 0.5) is 4.39 Å². The van der Waals surface area contributed by atoms with Crippen LogP contribution < -0.4 is 10.0 Å². The van der Waals surface area contributed by atoms with E-state index in [0.717, 1.165) is 24.2 Å². The minimum absolute atomic E-state index is 0.00871. The normalized spacial score (nSPS) is 14.3. The molecule has 26 heavy (non-hydrogen) atoms. The van der Waals surface area contributed by atoms with Crippen molar-refractivity contribution in [2.45, 2.75) is 29.5 Å². The van der Waals surface area contributed by atoms with Gasteiger partial charge in [0.2, 0.25) is 10.0 Å². The lowest BCUT2D eigenvalue weighted by molar-refractivity contribution is 0.0957. The summed E-state index contributed by atoms with van der Waals surface area (Å²) in [6, 6.07) is 8.04. The van der Waals surface area contributed by atoms with Gasteiger partial charge in [-0.25, -0.2) is 17.5 Å². The fourth-order valence-electron chi connectivity index (χ4n) is 2.27. The average Bonchev–Trinajstić information content (AvgIpc) is 3.25. The molecule has 0 atom stereocenters. The van der Waals surface area contributed by atoms with Crippen molar-refractivity contribution >= 4 is 39.0 Å². The Morgan fingerprint density at radius 2 is 2.04 bits per heavy atom. The van der Waals surface area contributed by atoms with Crippen LogP contribution in [0, 0.1) is 5.82 Å². The van der Waals surface area contributed by atoms with Crippen molar-refractivity contribution in [2.24, 2.45) is 0 Å². The molecule has 1 aliphatic rings. The number of thiophene rings is 1. The molecule has 2 aromatic rings. The van der Waals surface area contributed by atoms with E-state index in [4.69, 9.17) is 0 Å². The Kier molecular flexibility index (Phi) is 6.33. The van der Waals surface area contributed by atoms with Gasteiger partial charge in [-0.05, 0) is 35.9 Å². The first-order chi connectivity index (χ1) is 12.5. The molecule has 1 fully saturated rings. The number of sulfonamides is 1. The Morgan fingerprint density at radius 1 is 1.27 bits per heavy atom. The third-order valence-electron chi connectivity index (χ3n) is 3.77. The van der Waals surface area contributed by atoms with Crippen LogP contribution >= 0.6 is 23.1 Å². The van der Waals surface area contributed by atoms with E-state index in [2.05, 4.69) is 10.0 Å². The van der Waals surface area contributed by atoms with Crippen molar-refractivity contribution in [3.8, 4) is 0 Å². The summed E-state index contributed by atoms with van der Waals surface area (Å²) in [5, 5.41) is 4.33. The maximum absolute atomic E-state index is 13.5. The van der Waals surface area contributed by atoms with E-state index in [9.17, 15) is 17.6 Å². The first-order valence-electron chi connectivity index (χ1n) is 8.16. The Bertz CT molecular complexity index is 879. The first-order valence-corrected chi connectivity index (χ1v) is 11.7. The van der Waals surface area contributed by atoms with Gasteiger partial charge in [0.25, 0.3) is 5.91 Å². The molecule has 1 aromatic carbocycles. The lowest BCUT2D eigenvalue weighted by atomic mass is 10.2. The van der Waals surface area contributed by atoms with Gasteiger partial charge in [-0.3, -0.25) is 4.79 Å². The summed E-state index contributed by atoms with van der Waals surface area (Å²) in [7, 11) is -3.65. The summed E-state index contributed by atoms with van der Waals surface area (Å²) < 4.78 is 40.7. The molecular formula is C17H19FN2O3S3. The molecule has 140 valence electrons. The largest absolute Gasteiger partial charge is 0.350 e. The monoisotopic (exact) mass is 414 g/mol. The van der Waals surface area contributed by atoms with E-state index in [1.54, 1.807) is 23.6 Å². The lowest BCUT2D eigenvalue weighted by Gasteiger charge is -2.08. The van der Waals surface area contributed by atoms with Gasteiger partial charge in [-0.2, -0.15) is 11.8 Å². The molecule has 0 unspecified atom stereocenters. The van der Waals surface area contributed by atoms with Crippen LogP contribution in [0.25, 0.3) is 0 Å². The van der Waals surface area contributed by atoms with E-state index >= 15 is 0 Å². The van der Waals surface area contributed by atoms with Crippen molar-refractivity contribution in [3.05, 3.63) is 52.0 Å². The van der Waals surface area contributed by atoms with E-state index < -0.39 is 15.9 Å². The van der Waals surface area contributed by atoms with Gasteiger partial charge >= 0.3 is 0 Å². The van der Waals surface area contributed by atoms with Crippen LogP contribution in [0.1, 0.15) is 28.1 Å². The molecule has 0 radical (unpaired) electrons. The molecule has 0 saturated heterocycles. The van der Waals surface area contributed by atoms with Gasteiger partial charge < -0.3 is 5.32 Å². The minimum Gasteiger partial charge on any atom is -0.350 e. The number of rotatable bonds is 9. The number of benzene rings is 1. The highest BCUT2D eigenvalue weighted by Crippen LogP contribution is 2.26. The average molecular weight is 415 g/mol. The lowest BCUT2D eigenvalue weighted by Crippen LogP contribution is -2.30. The SMILES string of the molecule is O=C(NCCSCc1ccccc1F)c1sccc1S(=O)(=O)NC1CC1. The number of halogens is 1. The Morgan fingerprint density at radius 3 is 2.77 bits per heavy atom. The predicted octanol–water partition coefficient (Wildman–Crippen LogP) is 2.99. The van der Waals surface area contributed by atoms with Crippen LogP contribution in [-0.4, -0.2) is 32.7 Å². The second kappa shape index (κ2) is 8.51. The van der Waals surface area contributed by atoms with Gasteiger partial charge in [0.15, 0.2) is 0 Å². The van der Waals surface area contributed by atoms with Crippen LogP contribution in [0.5, 0.6) is 0 Å². The molecule has 0 bridgehead atoms. The number of amides is 1. The van der Waals surface area contributed by atoms with Gasteiger partial charge in [0.1, 0.15) is 15.6 Å². The van der Waals surface area contributed by atoms with Crippen LogP contribution in [0.3, 0.4) is 0 Å². The molecule has 5 nitrogen and oxygen atoms in total. The van der Waals surface area contributed by atoms with Crippen LogP contribution in [0.2, 0.25) is 0 Å². The summed E-state index contributed by atoms with van der Waals surface area (Å²) in [5.74, 6) is 0.490. The number of thioether (sulfide) groups is 1. The highest BCUT2D eigenvalue weighted by molar-refractivity contribution is 7.98. The highest BCUT2D eigenvalue weighted by atomic mass is 32.2. The number of carbonyl (C=O) groups excluding carboxylic acids is 1. The summed E-state index contributed by atoms with van der Waals surface area (Å²) in [6.07, 6.45) is 1.67. The van der Waals surface area contributed by atoms with Gasteiger partial charge in [0.05, 0.1) is 0 Å². The molecule has 1 aliphatic carbocycles. The zero-order chi connectivity index (χ0) is 18.6. The Balaban J connectivity index is 1.48. The van der Waals surface area contributed by atoms with Crippen molar-refractivity contribution in [3.63, 3.8) is 0 Å². The Hall–Kier alpha value is -1.42. The van der Waals surface area contributed by atoms with Gasteiger partial charge in [-0.15, -0.1) is 11.3 Å². The molecule has 1 aromatic heterocycles. The second-order valence-corrected chi connectivity index (χ2v) is 9.61. The molecule has 2 N–H and O–H groups in total. The molecular weight excluding hydrogens is 395 g/mol. The first kappa shape index (κ1) is 19.3. The van der Waals surface area contributed by atoms with Gasteiger partial charge in [-0.1, -0.05) is 18.2 Å². The fourth-order valence-corrected chi connectivity index (χ4v) is 5.77. The zero-order valence-corrected chi connectivity index (χ0v) is 16.4. The Labute approximate surface area is 160 Å². The van der Waals surface area contributed by atoms with Crippen LogP contribution in [-0.2, 0) is 15.8 Å². The summed E-state index contributed by atoms with van der Waals surface area (Å²) in [4.78, 5) is 12.5. The van der Waals surface area contributed by atoms with E-state index in [1.165, 1.54) is 23.9 Å². The van der Waals surface area contributed by atoms with E-state index in [-0.39, 0.29) is 21.6 Å². The molecule has 9 heteroatoms. The number of hydrogen-bond donors (Lipinski definition) is 2. The zero-order valence-electron chi connectivity index (χ0n) is 13.9. The van der Waals surface area contributed by atoms with E-state index in [0.29, 0.717) is 23.6 Å². The predicted molar refractivity (Wildman–Crippen MR) is 103 cm³/mol. The number of hydrogen-bond acceptors (Lipinski definition) is 5. The van der Waals surface area contributed by atoms with Gasteiger partial charge in [0, 0.05) is 24.1 Å². The quantitative estimate of drug-likeness (QED) is 0.619. The maximum Gasteiger partial charge on any atom is 0.262 e. The number of nitrogens with one attached hydrogen (secondary N) is 2.